The van der Waals surface area contributed by atoms with Crippen LogP contribution in [0.3, 0.4) is 0 Å². The molecule has 0 heterocycles. The van der Waals surface area contributed by atoms with E-state index in [4.69, 9.17) is 0 Å². The SMILES string of the molecule is C/C(=C\C=C(/C)c1ccc(C)cc1)c1ccccc1. The topological polar surface area (TPSA) is 0 Å². The van der Waals surface area contributed by atoms with Gasteiger partial charge in [-0.1, -0.05) is 72.3 Å². The zero-order chi connectivity index (χ0) is 13.7. The predicted molar refractivity (Wildman–Crippen MR) is 84.9 cm³/mol. The Hall–Kier alpha value is -2.08. The molecule has 0 aliphatic carbocycles. The average molecular weight is 248 g/mol. The fraction of sp³-hybridized carbons (Fsp3) is 0.158. The zero-order valence-electron chi connectivity index (χ0n) is 11.9. The number of hydrogen-bond acceptors (Lipinski definition) is 0. The lowest BCUT2D eigenvalue weighted by atomic mass is 10.0. The molecule has 0 bridgehead atoms. The van der Waals surface area contributed by atoms with Crippen molar-refractivity contribution in [2.75, 3.05) is 0 Å². The average Bonchev–Trinajstić information content (AvgIpc) is 2.46. The molecule has 0 amide bonds. The summed E-state index contributed by atoms with van der Waals surface area (Å²) in [7, 11) is 0. The van der Waals surface area contributed by atoms with Gasteiger partial charge in [0.05, 0.1) is 0 Å². The summed E-state index contributed by atoms with van der Waals surface area (Å²) in [6.45, 7) is 6.41. The van der Waals surface area contributed by atoms with E-state index >= 15 is 0 Å². The molecule has 0 saturated heterocycles. The molecule has 19 heavy (non-hydrogen) atoms. The fourth-order valence-electron chi connectivity index (χ4n) is 1.96. The van der Waals surface area contributed by atoms with Crippen LogP contribution in [0.2, 0.25) is 0 Å². The van der Waals surface area contributed by atoms with Crippen LogP contribution in [0.25, 0.3) is 11.1 Å². The molecule has 0 spiro atoms. The molecule has 0 unspecified atom stereocenters. The number of rotatable bonds is 3. The Morgan fingerprint density at radius 3 is 1.68 bits per heavy atom. The number of hydrogen-bond donors (Lipinski definition) is 0. The highest BCUT2D eigenvalue weighted by molar-refractivity contribution is 5.71. The normalized spacial score (nSPS) is 12.6. The van der Waals surface area contributed by atoms with Crippen LogP contribution in [0.5, 0.6) is 0 Å². The lowest BCUT2D eigenvalue weighted by Crippen LogP contribution is -1.80. The molecule has 0 fully saturated rings. The van der Waals surface area contributed by atoms with Crippen LogP contribution < -0.4 is 0 Å². The van der Waals surface area contributed by atoms with E-state index in [0.717, 1.165) is 0 Å². The first-order chi connectivity index (χ1) is 9.16. The molecule has 0 N–H and O–H groups in total. The van der Waals surface area contributed by atoms with Gasteiger partial charge in [0.2, 0.25) is 0 Å². The second-order valence-electron chi connectivity index (χ2n) is 4.93. The molecule has 2 aromatic rings. The van der Waals surface area contributed by atoms with Gasteiger partial charge in [0, 0.05) is 0 Å². The molecule has 2 rings (SSSR count). The molecule has 96 valence electrons. The highest BCUT2D eigenvalue weighted by atomic mass is 14.0. The van der Waals surface area contributed by atoms with Crippen molar-refractivity contribution in [3.8, 4) is 0 Å². The Morgan fingerprint density at radius 1 is 0.684 bits per heavy atom. The third kappa shape index (κ3) is 3.69. The second-order valence-corrected chi connectivity index (χ2v) is 4.93. The highest BCUT2D eigenvalue weighted by Gasteiger charge is 1.95. The summed E-state index contributed by atoms with van der Waals surface area (Å²) in [5.41, 5.74) is 6.42. The first kappa shape index (κ1) is 13.4. The molecule has 0 aromatic heterocycles. The van der Waals surface area contributed by atoms with Crippen LogP contribution in [-0.2, 0) is 0 Å². The molecular formula is C19H20. The smallest absolute Gasteiger partial charge is 0.0227 e. The van der Waals surface area contributed by atoms with Crippen molar-refractivity contribution in [2.24, 2.45) is 0 Å². The van der Waals surface area contributed by atoms with Crippen molar-refractivity contribution >= 4 is 11.1 Å². The van der Waals surface area contributed by atoms with E-state index in [1.165, 1.54) is 27.8 Å². The first-order valence-corrected chi connectivity index (χ1v) is 6.64. The lowest BCUT2D eigenvalue weighted by molar-refractivity contribution is 1.44. The monoisotopic (exact) mass is 248 g/mol. The third-order valence-electron chi connectivity index (χ3n) is 3.32. The van der Waals surface area contributed by atoms with E-state index in [1.807, 2.05) is 6.07 Å². The summed E-state index contributed by atoms with van der Waals surface area (Å²) >= 11 is 0. The molecule has 2 aromatic carbocycles. The second kappa shape index (κ2) is 6.19. The van der Waals surface area contributed by atoms with Crippen LogP contribution in [-0.4, -0.2) is 0 Å². The van der Waals surface area contributed by atoms with Crippen LogP contribution >= 0.6 is 0 Å². The van der Waals surface area contributed by atoms with E-state index in [-0.39, 0.29) is 0 Å². The van der Waals surface area contributed by atoms with Gasteiger partial charge in [0.15, 0.2) is 0 Å². The summed E-state index contributed by atoms with van der Waals surface area (Å²) in [5, 5.41) is 0. The van der Waals surface area contributed by atoms with Gasteiger partial charge in [-0.05, 0) is 43.0 Å². The standard InChI is InChI=1S/C19H20/c1-15-9-13-19(14-10-15)17(3)12-11-16(2)18-7-5-4-6-8-18/h4-14H,1-3H3/b16-11+,17-12+. The van der Waals surface area contributed by atoms with Crippen molar-refractivity contribution in [1.82, 2.24) is 0 Å². The van der Waals surface area contributed by atoms with E-state index in [0.29, 0.717) is 0 Å². The molecule has 0 saturated carbocycles. The van der Waals surface area contributed by atoms with Gasteiger partial charge >= 0.3 is 0 Å². The minimum Gasteiger partial charge on any atom is -0.0622 e. The largest absolute Gasteiger partial charge is 0.0622 e. The molecule has 0 radical (unpaired) electrons. The summed E-state index contributed by atoms with van der Waals surface area (Å²) in [6, 6.07) is 19.1. The minimum atomic E-state index is 1.27. The van der Waals surface area contributed by atoms with Crippen LogP contribution in [0.4, 0.5) is 0 Å². The number of aryl methyl sites for hydroxylation is 1. The highest BCUT2D eigenvalue weighted by Crippen LogP contribution is 2.17. The molecule has 0 nitrogen and oxygen atoms in total. The Balaban J connectivity index is 2.20. The van der Waals surface area contributed by atoms with Crippen molar-refractivity contribution in [3.63, 3.8) is 0 Å². The quantitative estimate of drug-likeness (QED) is 0.629. The minimum absolute atomic E-state index is 1.27. The third-order valence-corrected chi connectivity index (χ3v) is 3.32. The summed E-state index contributed by atoms with van der Waals surface area (Å²) in [6.07, 6.45) is 4.37. The Kier molecular flexibility index (Phi) is 4.35. The predicted octanol–water partition coefficient (Wildman–Crippen LogP) is 5.50. The van der Waals surface area contributed by atoms with Crippen LogP contribution in [0, 0.1) is 6.92 Å². The van der Waals surface area contributed by atoms with E-state index in [2.05, 4.69) is 81.5 Å². The van der Waals surface area contributed by atoms with Gasteiger partial charge in [0.25, 0.3) is 0 Å². The number of allylic oxidation sites excluding steroid dienone is 4. The maximum Gasteiger partial charge on any atom is -0.0227 e. The van der Waals surface area contributed by atoms with E-state index in [9.17, 15) is 0 Å². The summed E-state index contributed by atoms with van der Waals surface area (Å²) in [4.78, 5) is 0. The zero-order valence-corrected chi connectivity index (χ0v) is 11.9. The van der Waals surface area contributed by atoms with Gasteiger partial charge in [-0.15, -0.1) is 0 Å². The van der Waals surface area contributed by atoms with Crippen molar-refractivity contribution in [1.29, 1.82) is 0 Å². The van der Waals surface area contributed by atoms with Crippen LogP contribution in [0.1, 0.15) is 30.5 Å². The van der Waals surface area contributed by atoms with Gasteiger partial charge < -0.3 is 0 Å². The molecule has 0 heteroatoms. The van der Waals surface area contributed by atoms with Crippen LogP contribution in [0.15, 0.2) is 66.7 Å². The molecule has 0 aliphatic rings. The Morgan fingerprint density at radius 2 is 1.16 bits per heavy atom. The van der Waals surface area contributed by atoms with Gasteiger partial charge in [-0.3, -0.25) is 0 Å². The maximum absolute atomic E-state index is 2.19. The summed E-state index contributed by atoms with van der Waals surface area (Å²) < 4.78 is 0. The van der Waals surface area contributed by atoms with Crippen molar-refractivity contribution in [2.45, 2.75) is 20.8 Å². The lowest BCUT2D eigenvalue weighted by Gasteiger charge is -2.02. The van der Waals surface area contributed by atoms with Gasteiger partial charge in [-0.2, -0.15) is 0 Å². The molecule has 0 aliphatic heterocycles. The Labute approximate surface area is 116 Å². The van der Waals surface area contributed by atoms with Crippen molar-refractivity contribution in [3.05, 3.63) is 83.4 Å². The first-order valence-electron chi connectivity index (χ1n) is 6.64. The number of benzene rings is 2. The molecular weight excluding hydrogens is 228 g/mol. The van der Waals surface area contributed by atoms with E-state index in [1.54, 1.807) is 0 Å². The molecule has 0 atom stereocenters. The fourth-order valence-corrected chi connectivity index (χ4v) is 1.96. The summed E-state index contributed by atoms with van der Waals surface area (Å²) in [5.74, 6) is 0. The Bertz CT molecular complexity index is 584. The maximum atomic E-state index is 2.19. The van der Waals surface area contributed by atoms with Gasteiger partial charge in [-0.25, -0.2) is 0 Å². The van der Waals surface area contributed by atoms with E-state index < -0.39 is 0 Å². The van der Waals surface area contributed by atoms with Gasteiger partial charge in [0.1, 0.15) is 0 Å². The van der Waals surface area contributed by atoms with Crippen molar-refractivity contribution < 1.29 is 0 Å².